The van der Waals surface area contributed by atoms with E-state index < -0.39 is 5.54 Å². The van der Waals surface area contributed by atoms with Gasteiger partial charge in [-0.25, -0.2) is 4.68 Å². The van der Waals surface area contributed by atoms with Crippen LogP contribution in [-0.4, -0.2) is 50.1 Å². The molecule has 0 unspecified atom stereocenters. The molecule has 3 fully saturated rings. The summed E-state index contributed by atoms with van der Waals surface area (Å²) in [4.78, 5) is 15.3. The van der Waals surface area contributed by atoms with Crippen LogP contribution in [0.4, 0.5) is 0 Å². The lowest BCUT2D eigenvalue weighted by Gasteiger charge is -2.38. The highest BCUT2D eigenvalue weighted by atomic mass is 16.2. The van der Waals surface area contributed by atoms with Crippen LogP contribution in [0.3, 0.4) is 0 Å². The molecule has 22 heavy (non-hydrogen) atoms. The first-order chi connectivity index (χ1) is 10.7. The van der Waals surface area contributed by atoms with Gasteiger partial charge in [0.15, 0.2) is 0 Å². The Labute approximate surface area is 130 Å². The summed E-state index contributed by atoms with van der Waals surface area (Å²) in [5.41, 5.74) is 5.72. The summed E-state index contributed by atoms with van der Waals surface area (Å²) in [7, 11) is 0. The Hall–Kier alpha value is -1.50. The van der Waals surface area contributed by atoms with Crippen molar-refractivity contribution in [1.82, 2.24) is 25.1 Å². The van der Waals surface area contributed by atoms with Crippen LogP contribution in [0.2, 0.25) is 0 Å². The number of hydrogen-bond donors (Lipinski definition) is 1. The molecule has 0 spiro atoms. The van der Waals surface area contributed by atoms with E-state index >= 15 is 0 Å². The first kappa shape index (κ1) is 14.1. The zero-order valence-electron chi connectivity index (χ0n) is 12.9. The Morgan fingerprint density at radius 1 is 1.18 bits per heavy atom. The zero-order valence-corrected chi connectivity index (χ0v) is 12.9. The van der Waals surface area contributed by atoms with Crippen molar-refractivity contribution < 1.29 is 4.79 Å². The van der Waals surface area contributed by atoms with Gasteiger partial charge in [0.25, 0.3) is 5.91 Å². The molecule has 2 N–H and O–H groups in total. The van der Waals surface area contributed by atoms with E-state index in [2.05, 4.69) is 15.5 Å². The average molecular weight is 304 g/mol. The van der Waals surface area contributed by atoms with E-state index in [9.17, 15) is 4.79 Å². The maximum absolute atomic E-state index is 13.3. The average Bonchev–Trinajstić information content (AvgIpc) is 3.08. The third-order valence-electron chi connectivity index (χ3n) is 5.79. The van der Waals surface area contributed by atoms with Crippen LogP contribution in [0, 0.1) is 11.8 Å². The van der Waals surface area contributed by atoms with Gasteiger partial charge in [-0.15, -0.1) is 5.10 Å². The molecule has 0 bridgehead atoms. The molecule has 1 saturated heterocycles. The molecule has 1 aliphatic heterocycles. The van der Waals surface area contributed by atoms with E-state index in [1.807, 2.05) is 4.90 Å². The van der Waals surface area contributed by atoms with Crippen molar-refractivity contribution >= 4 is 5.91 Å². The molecule has 3 aliphatic rings. The number of nitrogens with zero attached hydrogens (tertiary/aromatic N) is 5. The van der Waals surface area contributed by atoms with Gasteiger partial charge in [-0.2, -0.15) is 0 Å². The minimum atomic E-state index is -0.583. The molecule has 1 aromatic heterocycles. The van der Waals surface area contributed by atoms with Crippen molar-refractivity contribution in [2.45, 2.75) is 56.5 Å². The van der Waals surface area contributed by atoms with Crippen molar-refractivity contribution in [3.05, 3.63) is 6.33 Å². The Morgan fingerprint density at radius 2 is 1.95 bits per heavy atom. The Kier molecular flexibility index (Phi) is 3.40. The summed E-state index contributed by atoms with van der Waals surface area (Å²) in [5.74, 6) is 1.40. The van der Waals surface area contributed by atoms with Gasteiger partial charge in [0.1, 0.15) is 11.9 Å². The monoisotopic (exact) mass is 304 g/mol. The van der Waals surface area contributed by atoms with Crippen molar-refractivity contribution in [2.24, 2.45) is 17.6 Å². The molecule has 1 aromatic rings. The smallest absolute Gasteiger partial charge is 0.250 e. The minimum absolute atomic E-state index is 0.131. The Morgan fingerprint density at radius 3 is 2.59 bits per heavy atom. The first-order valence-corrected chi connectivity index (χ1v) is 8.49. The number of tetrazole rings is 1. The number of likely N-dealkylation sites (tertiary alicyclic amines) is 1. The van der Waals surface area contributed by atoms with Crippen molar-refractivity contribution in [2.75, 3.05) is 13.1 Å². The molecule has 4 rings (SSSR count). The van der Waals surface area contributed by atoms with Crippen LogP contribution in [0.25, 0.3) is 0 Å². The number of hydrogen-bond acceptors (Lipinski definition) is 5. The Bertz CT molecular complexity index is 534. The predicted molar refractivity (Wildman–Crippen MR) is 79.6 cm³/mol. The maximum atomic E-state index is 13.3. The number of carbonyl (C=O) groups is 1. The summed E-state index contributed by atoms with van der Waals surface area (Å²) in [6, 6.07) is 0.131. The largest absolute Gasteiger partial charge is 0.339 e. The molecule has 2 saturated carbocycles. The highest BCUT2D eigenvalue weighted by molar-refractivity contribution is 5.85. The SMILES string of the molecule is N[C@@H]1CN(C(=O)C2(n3cnnn3)CCCCC2)C[C@H]1C1CC1. The quantitative estimate of drug-likeness (QED) is 0.879. The lowest BCUT2D eigenvalue weighted by Crippen LogP contribution is -2.52. The number of rotatable bonds is 3. The molecule has 0 aromatic carbocycles. The molecule has 2 atom stereocenters. The molecular weight excluding hydrogens is 280 g/mol. The first-order valence-electron chi connectivity index (χ1n) is 8.49. The van der Waals surface area contributed by atoms with Crippen LogP contribution in [0.5, 0.6) is 0 Å². The number of amides is 1. The molecule has 7 nitrogen and oxygen atoms in total. The van der Waals surface area contributed by atoms with Crippen molar-refractivity contribution in [3.63, 3.8) is 0 Å². The Balaban J connectivity index is 1.58. The minimum Gasteiger partial charge on any atom is -0.339 e. The zero-order chi connectivity index (χ0) is 15.2. The standard InChI is InChI=1S/C15H24N6O/c16-13-9-20(8-12(13)11-4-5-11)14(22)15(6-2-1-3-7-15)21-10-17-18-19-21/h10-13H,1-9,16H2/t12-,13+/m0/s1. The molecule has 2 aliphatic carbocycles. The van der Waals surface area contributed by atoms with Crippen LogP contribution in [0.1, 0.15) is 44.9 Å². The third-order valence-corrected chi connectivity index (χ3v) is 5.79. The van der Waals surface area contributed by atoms with E-state index in [0.29, 0.717) is 12.5 Å². The second kappa shape index (κ2) is 5.30. The predicted octanol–water partition coefficient (Wildman–Crippen LogP) is 0.528. The van der Waals surface area contributed by atoms with Gasteiger partial charge >= 0.3 is 0 Å². The van der Waals surface area contributed by atoms with Gasteiger partial charge < -0.3 is 10.6 Å². The van der Waals surface area contributed by atoms with Crippen LogP contribution < -0.4 is 5.73 Å². The summed E-state index contributed by atoms with van der Waals surface area (Å²) >= 11 is 0. The lowest BCUT2D eigenvalue weighted by atomic mass is 9.80. The van der Waals surface area contributed by atoms with Gasteiger partial charge in [0, 0.05) is 19.1 Å². The summed E-state index contributed by atoms with van der Waals surface area (Å²) in [6.45, 7) is 1.50. The van der Waals surface area contributed by atoms with Crippen LogP contribution >= 0.6 is 0 Å². The van der Waals surface area contributed by atoms with Crippen molar-refractivity contribution in [3.8, 4) is 0 Å². The van der Waals surface area contributed by atoms with Crippen molar-refractivity contribution in [1.29, 1.82) is 0 Å². The molecular formula is C15H24N6O. The fourth-order valence-corrected chi connectivity index (χ4v) is 4.37. The van der Waals surface area contributed by atoms with Gasteiger partial charge in [0.2, 0.25) is 0 Å². The fourth-order valence-electron chi connectivity index (χ4n) is 4.37. The van der Waals surface area contributed by atoms with Gasteiger partial charge in [-0.3, -0.25) is 4.79 Å². The van der Waals surface area contributed by atoms with E-state index in [1.165, 1.54) is 19.3 Å². The summed E-state index contributed by atoms with van der Waals surface area (Å²) < 4.78 is 1.70. The molecule has 120 valence electrons. The molecule has 1 amide bonds. The highest BCUT2D eigenvalue weighted by Crippen LogP contribution is 2.43. The third kappa shape index (κ3) is 2.22. The van der Waals surface area contributed by atoms with Gasteiger partial charge in [-0.05, 0) is 47.9 Å². The fraction of sp³-hybridized carbons (Fsp3) is 0.867. The summed E-state index contributed by atoms with van der Waals surface area (Å²) in [5, 5.41) is 11.6. The van der Waals surface area contributed by atoms with E-state index in [1.54, 1.807) is 11.0 Å². The van der Waals surface area contributed by atoms with E-state index in [0.717, 1.165) is 38.1 Å². The van der Waals surface area contributed by atoms with Crippen LogP contribution in [-0.2, 0) is 10.3 Å². The highest BCUT2D eigenvalue weighted by Gasteiger charge is 2.49. The normalized spacial score (nSPS) is 31.4. The molecule has 7 heteroatoms. The topological polar surface area (TPSA) is 89.9 Å². The van der Waals surface area contributed by atoms with Gasteiger partial charge in [0.05, 0.1) is 0 Å². The number of nitrogens with two attached hydrogens (primary N) is 1. The number of aromatic nitrogens is 4. The van der Waals surface area contributed by atoms with Crippen LogP contribution in [0.15, 0.2) is 6.33 Å². The molecule has 2 heterocycles. The molecule has 0 radical (unpaired) electrons. The second-order valence-electron chi connectivity index (χ2n) is 7.22. The second-order valence-corrected chi connectivity index (χ2v) is 7.22. The van der Waals surface area contributed by atoms with Gasteiger partial charge in [-0.1, -0.05) is 19.3 Å². The summed E-state index contributed by atoms with van der Waals surface area (Å²) in [6.07, 6.45) is 9.10. The number of carbonyl (C=O) groups excluding carboxylic acids is 1. The maximum Gasteiger partial charge on any atom is 0.250 e. The van der Waals surface area contributed by atoms with E-state index in [4.69, 9.17) is 5.73 Å². The van der Waals surface area contributed by atoms with E-state index in [-0.39, 0.29) is 11.9 Å². The lowest BCUT2D eigenvalue weighted by molar-refractivity contribution is -0.142.